The van der Waals surface area contributed by atoms with Crippen molar-refractivity contribution in [1.29, 1.82) is 0 Å². The first-order chi connectivity index (χ1) is 9.78. The third kappa shape index (κ3) is 4.17. The predicted octanol–water partition coefficient (Wildman–Crippen LogP) is 2.50. The van der Waals surface area contributed by atoms with Gasteiger partial charge in [0.05, 0.1) is 0 Å². The molecule has 1 aliphatic heterocycles. The van der Waals surface area contributed by atoms with Crippen LogP contribution in [0.1, 0.15) is 40.2 Å². The fraction of sp³-hybridized carbons (Fsp3) is 0.706. The molecule has 0 aliphatic carbocycles. The minimum absolute atomic E-state index is 0.121. The standard InChI is InChI=1S/C17H30N4/c1-13-11-21(12-14(2)20(13)6)16-7-8-18-9-15(16)10-19-17(3,4)5/h7-9,13-14,19H,10-12H2,1-6H3. The maximum Gasteiger partial charge on any atom is 0.0443 e. The van der Waals surface area contributed by atoms with Gasteiger partial charge < -0.3 is 10.2 Å². The lowest BCUT2D eigenvalue weighted by Crippen LogP contribution is -2.55. The van der Waals surface area contributed by atoms with Gasteiger partial charge in [-0.25, -0.2) is 0 Å². The highest BCUT2D eigenvalue weighted by Gasteiger charge is 2.27. The number of rotatable bonds is 3. The van der Waals surface area contributed by atoms with E-state index >= 15 is 0 Å². The SMILES string of the molecule is CC1CN(c2ccncc2CNC(C)(C)C)CC(C)N1C. The second-order valence-electron chi connectivity index (χ2n) is 7.38. The van der Waals surface area contributed by atoms with Crippen molar-refractivity contribution in [3.05, 3.63) is 24.0 Å². The maximum absolute atomic E-state index is 4.32. The number of pyridine rings is 1. The maximum atomic E-state index is 4.32. The first-order valence-corrected chi connectivity index (χ1v) is 7.93. The van der Waals surface area contributed by atoms with E-state index in [1.165, 1.54) is 11.3 Å². The van der Waals surface area contributed by atoms with Gasteiger partial charge in [0.2, 0.25) is 0 Å². The summed E-state index contributed by atoms with van der Waals surface area (Å²) in [5.41, 5.74) is 2.74. The van der Waals surface area contributed by atoms with Crippen LogP contribution < -0.4 is 10.2 Å². The van der Waals surface area contributed by atoms with Gasteiger partial charge in [-0.1, -0.05) is 0 Å². The molecule has 2 rings (SSSR count). The summed E-state index contributed by atoms with van der Waals surface area (Å²) in [4.78, 5) is 9.29. The minimum Gasteiger partial charge on any atom is -0.368 e. The van der Waals surface area contributed by atoms with E-state index in [9.17, 15) is 0 Å². The molecule has 1 N–H and O–H groups in total. The second-order valence-corrected chi connectivity index (χ2v) is 7.38. The molecule has 1 aliphatic rings. The Balaban J connectivity index is 2.16. The lowest BCUT2D eigenvalue weighted by Gasteiger charge is -2.44. The molecule has 1 aromatic rings. The summed E-state index contributed by atoms with van der Waals surface area (Å²) in [5.74, 6) is 0. The lowest BCUT2D eigenvalue weighted by atomic mass is 10.1. The summed E-state index contributed by atoms with van der Waals surface area (Å²) in [7, 11) is 2.22. The van der Waals surface area contributed by atoms with Crippen LogP contribution in [0.4, 0.5) is 5.69 Å². The molecule has 118 valence electrons. The average Bonchev–Trinajstić information content (AvgIpc) is 2.41. The number of anilines is 1. The molecule has 2 atom stereocenters. The van der Waals surface area contributed by atoms with Gasteiger partial charge >= 0.3 is 0 Å². The fourth-order valence-electron chi connectivity index (χ4n) is 2.83. The molecule has 1 aromatic heterocycles. The quantitative estimate of drug-likeness (QED) is 0.927. The topological polar surface area (TPSA) is 31.4 Å². The molecular formula is C17H30N4. The molecule has 0 spiro atoms. The average molecular weight is 290 g/mol. The van der Waals surface area contributed by atoms with E-state index in [0.717, 1.165) is 19.6 Å². The summed E-state index contributed by atoms with van der Waals surface area (Å²) >= 11 is 0. The molecule has 0 bridgehead atoms. The number of piperazine rings is 1. The van der Waals surface area contributed by atoms with Crippen LogP contribution in [0.5, 0.6) is 0 Å². The van der Waals surface area contributed by atoms with E-state index in [-0.39, 0.29) is 5.54 Å². The number of likely N-dealkylation sites (N-methyl/N-ethyl adjacent to an activating group) is 1. The molecule has 0 saturated carbocycles. The zero-order valence-electron chi connectivity index (χ0n) is 14.3. The van der Waals surface area contributed by atoms with E-state index in [1.54, 1.807) is 0 Å². The zero-order valence-corrected chi connectivity index (χ0v) is 14.3. The first-order valence-electron chi connectivity index (χ1n) is 7.93. The summed E-state index contributed by atoms with van der Waals surface area (Å²) in [6.45, 7) is 14.2. The van der Waals surface area contributed by atoms with Gasteiger partial charge in [-0.3, -0.25) is 9.88 Å². The van der Waals surface area contributed by atoms with E-state index in [4.69, 9.17) is 0 Å². The van der Waals surface area contributed by atoms with E-state index < -0.39 is 0 Å². The Morgan fingerprint density at radius 1 is 1.24 bits per heavy atom. The predicted molar refractivity (Wildman–Crippen MR) is 89.7 cm³/mol. The highest BCUT2D eigenvalue weighted by atomic mass is 15.3. The van der Waals surface area contributed by atoms with Gasteiger partial charge in [-0.05, 0) is 47.7 Å². The Bertz CT molecular complexity index is 454. The molecule has 1 saturated heterocycles. The van der Waals surface area contributed by atoms with Crippen LogP contribution in [0.2, 0.25) is 0 Å². The van der Waals surface area contributed by atoms with Crippen LogP contribution in [0.3, 0.4) is 0 Å². The molecule has 21 heavy (non-hydrogen) atoms. The largest absolute Gasteiger partial charge is 0.368 e. The highest BCUT2D eigenvalue weighted by molar-refractivity contribution is 5.53. The van der Waals surface area contributed by atoms with Crippen molar-refractivity contribution in [3.63, 3.8) is 0 Å². The van der Waals surface area contributed by atoms with Gasteiger partial charge in [0.15, 0.2) is 0 Å². The van der Waals surface area contributed by atoms with Crippen LogP contribution in [-0.2, 0) is 6.54 Å². The lowest BCUT2D eigenvalue weighted by molar-refractivity contribution is 0.170. The van der Waals surface area contributed by atoms with Crippen LogP contribution in [0.15, 0.2) is 18.5 Å². The molecule has 0 radical (unpaired) electrons. The number of aromatic nitrogens is 1. The normalized spacial score (nSPS) is 24.4. The second kappa shape index (κ2) is 6.32. The van der Waals surface area contributed by atoms with E-state index in [1.807, 2.05) is 12.4 Å². The van der Waals surface area contributed by atoms with Gasteiger partial charge in [0.25, 0.3) is 0 Å². The summed E-state index contributed by atoms with van der Waals surface area (Å²) < 4.78 is 0. The molecule has 4 nitrogen and oxygen atoms in total. The number of nitrogens with one attached hydrogen (secondary N) is 1. The Morgan fingerprint density at radius 3 is 2.43 bits per heavy atom. The van der Waals surface area contributed by atoms with Crippen molar-refractivity contribution in [2.24, 2.45) is 0 Å². The smallest absolute Gasteiger partial charge is 0.0443 e. The van der Waals surface area contributed by atoms with Crippen LogP contribution in [-0.4, -0.2) is 47.6 Å². The highest BCUT2D eigenvalue weighted by Crippen LogP contribution is 2.24. The van der Waals surface area contributed by atoms with Crippen molar-refractivity contribution >= 4 is 5.69 Å². The van der Waals surface area contributed by atoms with E-state index in [2.05, 4.69) is 67.8 Å². The van der Waals surface area contributed by atoms with Gasteiger partial charge in [0.1, 0.15) is 0 Å². The Labute approximate surface area is 129 Å². The number of hydrogen-bond donors (Lipinski definition) is 1. The van der Waals surface area contributed by atoms with Gasteiger partial charge in [-0.2, -0.15) is 0 Å². The van der Waals surface area contributed by atoms with Crippen molar-refractivity contribution in [1.82, 2.24) is 15.2 Å². The van der Waals surface area contributed by atoms with Crippen LogP contribution in [0, 0.1) is 0 Å². The molecule has 2 unspecified atom stereocenters. The number of hydrogen-bond acceptors (Lipinski definition) is 4. The molecule has 0 amide bonds. The third-order valence-electron chi connectivity index (χ3n) is 4.39. The molecular weight excluding hydrogens is 260 g/mol. The van der Waals surface area contributed by atoms with Crippen LogP contribution >= 0.6 is 0 Å². The molecule has 2 heterocycles. The number of nitrogens with zero attached hydrogens (tertiary/aromatic N) is 3. The van der Waals surface area contributed by atoms with Crippen molar-refractivity contribution in [2.75, 3.05) is 25.0 Å². The summed E-state index contributed by atoms with van der Waals surface area (Å²) in [6, 6.07) is 3.31. The van der Waals surface area contributed by atoms with Gasteiger partial charge in [0, 0.05) is 60.9 Å². The summed E-state index contributed by atoms with van der Waals surface area (Å²) in [5, 5.41) is 3.57. The first kappa shape index (κ1) is 16.2. The molecule has 4 heteroatoms. The van der Waals surface area contributed by atoms with E-state index in [0.29, 0.717) is 12.1 Å². The Kier molecular flexibility index (Phi) is 4.89. The Hall–Kier alpha value is -1.13. The Morgan fingerprint density at radius 2 is 1.86 bits per heavy atom. The molecule has 1 fully saturated rings. The molecule has 0 aromatic carbocycles. The van der Waals surface area contributed by atoms with Crippen molar-refractivity contribution < 1.29 is 0 Å². The van der Waals surface area contributed by atoms with Gasteiger partial charge in [-0.15, -0.1) is 0 Å². The van der Waals surface area contributed by atoms with Crippen molar-refractivity contribution in [3.8, 4) is 0 Å². The zero-order chi connectivity index (χ0) is 15.6. The third-order valence-corrected chi connectivity index (χ3v) is 4.39. The minimum atomic E-state index is 0.121. The van der Waals surface area contributed by atoms with Crippen LogP contribution in [0.25, 0.3) is 0 Å². The summed E-state index contributed by atoms with van der Waals surface area (Å²) in [6.07, 6.45) is 3.91. The monoisotopic (exact) mass is 290 g/mol. The fourth-order valence-corrected chi connectivity index (χ4v) is 2.83. The van der Waals surface area contributed by atoms with Crippen molar-refractivity contribution in [2.45, 2.75) is 58.8 Å².